The van der Waals surface area contributed by atoms with E-state index in [1.807, 2.05) is 11.0 Å². The number of hydrogen-bond acceptors (Lipinski definition) is 1. The summed E-state index contributed by atoms with van der Waals surface area (Å²) in [6, 6.07) is 6.87. The van der Waals surface area contributed by atoms with Crippen molar-refractivity contribution in [1.82, 2.24) is 4.90 Å². The second-order valence-electron chi connectivity index (χ2n) is 4.64. The highest BCUT2D eigenvalue weighted by Gasteiger charge is 2.30. The number of aryl methyl sites for hydroxylation is 1. The Balaban J connectivity index is 2.06. The SMILES string of the molecule is Cc1ccc2c(c1)CCN1C(=O)C=CCC21. The Morgan fingerprint density at radius 1 is 1.38 bits per heavy atom. The zero-order valence-electron chi connectivity index (χ0n) is 9.44. The van der Waals surface area contributed by atoms with E-state index in [1.54, 1.807) is 6.08 Å². The van der Waals surface area contributed by atoms with Crippen molar-refractivity contribution < 1.29 is 4.79 Å². The summed E-state index contributed by atoms with van der Waals surface area (Å²) in [6.45, 7) is 2.99. The lowest BCUT2D eigenvalue weighted by molar-refractivity contribution is -0.129. The van der Waals surface area contributed by atoms with Gasteiger partial charge in [-0.05, 0) is 37.0 Å². The van der Waals surface area contributed by atoms with Gasteiger partial charge in [0.15, 0.2) is 0 Å². The number of carbonyl (C=O) groups is 1. The van der Waals surface area contributed by atoms with Gasteiger partial charge >= 0.3 is 0 Å². The monoisotopic (exact) mass is 213 g/mol. The van der Waals surface area contributed by atoms with Crippen LogP contribution in [0.15, 0.2) is 30.4 Å². The van der Waals surface area contributed by atoms with Crippen molar-refractivity contribution in [3.05, 3.63) is 47.0 Å². The summed E-state index contributed by atoms with van der Waals surface area (Å²) in [4.78, 5) is 13.7. The third-order valence-corrected chi connectivity index (χ3v) is 3.56. The van der Waals surface area contributed by atoms with Gasteiger partial charge < -0.3 is 4.90 Å². The molecule has 0 fully saturated rings. The van der Waals surface area contributed by atoms with Crippen molar-refractivity contribution in [2.75, 3.05) is 6.54 Å². The molecule has 16 heavy (non-hydrogen) atoms. The van der Waals surface area contributed by atoms with Gasteiger partial charge in [-0.2, -0.15) is 0 Å². The van der Waals surface area contributed by atoms with Crippen molar-refractivity contribution in [1.29, 1.82) is 0 Å². The Hall–Kier alpha value is -1.57. The van der Waals surface area contributed by atoms with Crippen LogP contribution < -0.4 is 0 Å². The number of carbonyl (C=O) groups excluding carboxylic acids is 1. The normalized spacial score (nSPS) is 22.9. The summed E-state index contributed by atoms with van der Waals surface area (Å²) in [7, 11) is 0. The highest BCUT2D eigenvalue weighted by molar-refractivity contribution is 5.89. The van der Waals surface area contributed by atoms with Crippen LogP contribution in [0.3, 0.4) is 0 Å². The van der Waals surface area contributed by atoms with E-state index < -0.39 is 0 Å². The van der Waals surface area contributed by atoms with E-state index >= 15 is 0 Å². The molecule has 2 heterocycles. The van der Waals surface area contributed by atoms with E-state index in [0.717, 1.165) is 19.4 Å². The first-order valence-corrected chi connectivity index (χ1v) is 5.82. The zero-order valence-corrected chi connectivity index (χ0v) is 9.44. The molecule has 0 radical (unpaired) electrons. The molecule has 0 saturated carbocycles. The largest absolute Gasteiger partial charge is 0.331 e. The zero-order chi connectivity index (χ0) is 11.1. The van der Waals surface area contributed by atoms with Crippen molar-refractivity contribution in [2.45, 2.75) is 25.8 Å². The van der Waals surface area contributed by atoms with E-state index in [9.17, 15) is 4.79 Å². The average molecular weight is 213 g/mol. The second-order valence-corrected chi connectivity index (χ2v) is 4.64. The van der Waals surface area contributed by atoms with Crippen LogP contribution in [-0.2, 0) is 11.2 Å². The minimum atomic E-state index is 0.169. The van der Waals surface area contributed by atoms with Gasteiger partial charge in [-0.1, -0.05) is 29.8 Å². The summed E-state index contributed by atoms with van der Waals surface area (Å²) in [6.07, 6.45) is 5.66. The maximum Gasteiger partial charge on any atom is 0.246 e. The summed E-state index contributed by atoms with van der Waals surface area (Å²) in [5.41, 5.74) is 4.07. The maximum absolute atomic E-state index is 11.7. The van der Waals surface area contributed by atoms with E-state index in [-0.39, 0.29) is 11.9 Å². The molecule has 3 rings (SSSR count). The van der Waals surface area contributed by atoms with Crippen LogP contribution in [0.4, 0.5) is 0 Å². The molecule has 1 aromatic carbocycles. The average Bonchev–Trinajstić information content (AvgIpc) is 2.28. The molecule has 0 aliphatic carbocycles. The molecule has 2 aliphatic rings. The van der Waals surface area contributed by atoms with Crippen molar-refractivity contribution in [3.63, 3.8) is 0 Å². The molecule has 1 amide bonds. The number of benzene rings is 1. The Bertz CT molecular complexity index is 476. The fraction of sp³-hybridized carbons (Fsp3) is 0.357. The van der Waals surface area contributed by atoms with Crippen LogP contribution in [0.2, 0.25) is 0 Å². The van der Waals surface area contributed by atoms with Gasteiger partial charge in [0.2, 0.25) is 5.91 Å². The summed E-state index contributed by atoms with van der Waals surface area (Å²) in [5, 5.41) is 0. The Morgan fingerprint density at radius 3 is 3.12 bits per heavy atom. The highest BCUT2D eigenvalue weighted by Crippen LogP contribution is 2.35. The van der Waals surface area contributed by atoms with Crippen LogP contribution in [0, 0.1) is 6.92 Å². The molecule has 0 spiro atoms. The molecule has 1 atom stereocenters. The van der Waals surface area contributed by atoms with Gasteiger partial charge in [0.1, 0.15) is 0 Å². The summed E-state index contributed by atoms with van der Waals surface area (Å²) < 4.78 is 0. The fourth-order valence-electron chi connectivity index (χ4n) is 2.75. The Kier molecular flexibility index (Phi) is 2.10. The predicted molar refractivity (Wildman–Crippen MR) is 63.1 cm³/mol. The number of nitrogens with zero attached hydrogens (tertiary/aromatic N) is 1. The maximum atomic E-state index is 11.7. The second kappa shape index (κ2) is 3.48. The fourth-order valence-corrected chi connectivity index (χ4v) is 2.75. The van der Waals surface area contributed by atoms with Crippen LogP contribution in [0.1, 0.15) is 29.2 Å². The van der Waals surface area contributed by atoms with Crippen molar-refractivity contribution in [2.24, 2.45) is 0 Å². The highest BCUT2D eigenvalue weighted by atomic mass is 16.2. The molecule has 0 N–H and O–H groups in total. The first-order valence-electron chi connectivity index (χ1n) is 5.82. The molecule has 0 aromatic heterocycles. The molecule has 0 saturated heterocycles. The number of fused-ring (bicyclic) bond motifs is 3. The quantitative estimate of drug-likeness (QED) is 0.648. The molecule has 2 aliphatic heterocycles. The van der Waals surface area contributed by atoms with Gasteiger partial charge in [-0.25, -0.2) is 0 Å². The van der Waals surface area contributed by atoms with Gasteiger partial charge in [0.25, 0.3) is 0 Å². The molecule has 0 bridgehead atoms. The summed E-state index contributed by atoms with van der Waals surface area (Å²) in [5.74, 6) is 0.169. The molecule has 82 valence electrons. The first kappa shape index (κ1) is 9.64. The molecular weight excluding hydrogens is 198 g/mol. The third-order valence-electron chi connectivity index (χ3n) is 3.56. The van der Waals surface area contributed by atoms with Crippen LogP contribution in [0.25, 0.3) is 0 Å². The van der Waals surface area contributed by atoms with E-state index in [0.29, 0.717) is 0 Å². The number of hydrogen-bond donors (Lipinski definition) is 0. The topological polar surface area (TPSA) is 20.3 Å². The van der Waals surface area contributed by atoms with E-state index in [2.05, 4.69) is 25.1 Å². The van der Waals surface area contributed by atoms with Gasteiger partial charge in [0.05, 0.1) is 6.04 Å². The molecular formula is C14H15NO. The van der Waals surface area contributed by atoms with Crippen LogP contribution in [0.5, 0.6) is 0 Å². The minimum Gasteiger partial charge on any atom is -0.331 e. The molecule has 1 aromatic rings. The molecule has 2 heteroatoms. The lowest BCUT2D eigenvalue weighted by Gasteiger charge is -2.38. The van der Waals surface area contributed by atoms with Crippen molar-refractivity contribution >= 4 is 5.91 Å². The lowest BCUT2D eigenvalue weighted by Crippen LogP contribution is -2.40. The van der Waals surface area contributed by atoms with E-state index in [1.165, 1.54) is 16.7 Å². The molecule has 1 unspecified atom stereocenters. The predicted octanol–water partition coefficient (Wildman–Crippen LogP) is 2.38. The van der Waals surface area contributed by atoms with E-state index in [4.69, 9.17) is 0 Å². The van der Waals surface area contributed by atoms with Gasteiger partial charge in [-0.15, -0.1) is 0 Å². The minimum absolute atomic E-state index is 0.169. The third kappa shape index (κ3) is 1.37. The smallest absolute Gasteiger partial charge is 0.246 e. The lowest BCUT2D eigenvalue weighted by atomic mass is 9.88. The van der Waals surface area contributed by atoms with Crippen LogP contribution in [-0.4, -0.2) is 17.4 Å². The standard InChI is InChI=1S/C14H15NO/c1-10-5-6-12-11(9-10)7-8-15-13(12)3-2-4-14(15)16/h2,4-6,9,13H,3,7-8H2,1H3. The number of amides is 1. The Labute approximate surface area is 95.6 Å². The van der Waals surface area contributed by atoms with Gasteiger partial charge in [-0.3, -0.25) is 4.79 Å². The van der Waals surface area contributed by atoms with Crippen molar-refractivity contribution in [3.8, 4) is 0 Å². The first-order chi connectivity index (χ1) is 7.75. The Morgan fingerprint density at radius 2 is 2.25 bits per heavy atom. The van der Waals surface area contributed by atoms with Crippen LogP contribution >= 0.6 is 0 Å². The summed E-state index contributed by atoms with van der Waals surface area (Å²) >= 11 is 0. The van der Waals surface area contributed by atoms with Gasteiger partial charge in [0, 0.05) is 6.54 Å². The molecule has 2 nitrogen and oxygen atoms in total. The number of rotatable bonds is 0.